The lowest BCUT2D eigenvalue weighted by Gasteiger charge is -2.33. The maximum absolute atomic E-state index is 14.5. The van der Waals surface area contributed by atoms with Crippen molar-refractivity contribution < 1.29 is 22.4 Å². The number of fused-ring (bicyclic) bond motifs is 1. The molecular formula is C23H23F4N3O. The van der Waals surface area contributed by atoms with Gasteiger partial charge in [-0.2, -0.15) is 13.2 Å². The van der Waals surface area contributed by atoms with E-state index in [0.29, 0.717) is 24.3 Å². The number of alkyl halides is 3. The number of nitrogens with one attached hydrogen (secondary N) is 2. The van der Waals surface area contributed by atoms with E-state index >= 15 is 0 Å². The molecule has 0 saturated carbocycles. The Morgan fingerprint density at radius 2 is 1.84 bits per heavy atom. The first-order chi connectivity index (χ1) is 14.8. The number of rotatable bonds is 3. The van der Waals surface area contributed by atoms with Crippen LogP contribution in [0.5, 0.6) is 0 Å². The number of halogens is 4. The van der Waals surface area contributed by atoms with Crippen molar-refractivity contribution in [3.05, 3.63) is 65.6 Å². The first-order valence-corrected chi connectivity index (χ1v) is 10.3. The summed E-state index contributed by atoms with van der Waals surface area (Å²) < 4.78 is 54.6. The van der Waals surface area contributed by atoms with Gasteiger partial charge in [-0.05, 0) is 62.7 Å². The Labute approximate surface area is 177 Å². The highest BCUT2D eigenvalue weighted by Gasteiger charge is 2.33. The molecule has 2 aromatic rings. The molecule has 1 unspecified atom stereocenters. The fourth-order valence-corrected chi connectivity index (χ4v) is 4.15. The molecule has 0 spiro atoms. The fourth-order valence-electron chi connectivity index (χ4n) is 4.15. The molecule has 4 nitrogen and oxygen atoms in total. The van der Waals surface area contributed by atoms with E-state index in [-0.39, 0.29) is 17.2 Å². The molecule has 0 radical (unpaired) electrons. The average Bonchev–Trinajstić information content (AvgIpc) is 3.02. The lowest BCUT2D eigenvalue weighted by Crippen LogP contribution is -2.36. The molecule has 2 aromatic carbocycles. The van der Waals surface area contributed by atoms with Gasteiger partial charge in [0.05, 0.1) is 16.8 Å². The van der Waals surface area contributed by atoms with Gasteiger partial charge in [-0.3, -0.25) is 4.79 Å². The van der Waals surface area contributed by atoms with Crippen LogP contribution in [0.2, 0.25) is 0 Å². The maximum Gasteiger partial charge on any atom is 0.416 e. The Kier molecular flexibility index (Phi) is 6.00. The predicted octanol–water partition coefficient (Wildman–Crippen LogP) is 5.18. The van der Waals surface area contributed by atoms with Gasteiger partial charge in [0.15, 0.2) is 0 Å². The van der Waals surface area contributed by atoms with Crippen molar-refractivity contribution in [3.63, 3.8) is 0 Å². The van der Waals surface area contributed by atoms with Crippen molar-refractivity contribution in [2.24, 2.45) is 0 Å². The van der Waals surface area contributed by atoms with Crippen LogP contribution in [0.25, 0.3) is 5.57 Å². The largest absolute Gasteiger partial charge is 0.416 e. The minimum atomic E-state index is -4.49. The third kappa shape index (κ3) is 4.58. The smallest absolute Gasteiger partial charge is 0.344 e. The van der Waals surface area contributed by atoms with Gasteiger partial charge in [0, 0.05) is 23.5 Å². The average molecular weight is 433 g/mol. The second kappa shape index (κ2) is 8.70. The second-order valence-electron chi connectivity index (χ2n) is 7.80. The minimum absolute atomic E-state index is 0.112. The molecule has 2 N–H and O–H groups in total. The number of hydrogen-bond donors (Lipinski definition) is 2. The molecule has 164 valence electrons. The molecule has 1 atom stereocenters. The van der Waals surface area contributed by atoms with Crippen molar-refractivity contribution in [1.82, 2.24) is 5.32 Å². The van der Waals surface area contributed by atoms with E-state index in [0.717, 1.165) is 37.9 Å². The third-order valence-electron chi connectivity index (χ3n) is 5.70. The number of nitrogens with zero attached hydrogens (tertiary/aromatic N) is 1. The summed E-state index contributed by atoms with van der Waals surface area (Å²) >= 11 is 0. The van der Waals surface area contributed by atoms with Gasteiger partial charge < -0.3 is 15.5 Å². The first-order valence-electron chi connectivity index (χ1n) is 10.3. The van der Waals surface area contributed by atoms with Crippen LogP contribution in [0.15, 0.2) is 48.7 Å². The molecule has 1 fully saturated rings. The highest BCUT2D eigenvalue weighted by atomic mass is 19.4. The lowest BCUT2D eigenvalue weighted by molar-refractivity contribution is -0.137. The fraction of sp³-hybridized carbons (Fsp3) is 0.348. The minimum Gasteiger partial charge on any atom is -0.344 e. The molecule has 2 aliphatic heterocycles. The summed E-state index contributed by atoms with van der Waals surface area (Å²) in [6.07, 6.45) is 0.320. The molecule has 1 amide bonds. The number of carbonyl (C=O) groups excluding carboxylic acids is 1. The van der Waals surface area contributed by atoms with Gasteiger partial charge in [0.25, 0.3) is 5.91 Å². The van der Waals surface area contributed by atoms with E-state index in [2.05, 4.69) is 10.6 Å². The summed E-state index contributed by atoms with van der Waals surface area (Å²) in [6, 6.07) is 9.29. The lowest BCUT2D eigenvalue weighted by atomic mass is 10.00. The van der Waals surface area contributed by atoms with E-state index in [1.807, 2.05) is 0 Å². The molecule has 4 rings (SSSR count). The van der Waals surface area contributed by atoms with Crippen LogP contribution < -0.4 is 15.5 Å². The van der Waals surface area contributed by atoms with Crippen molar-refractivity contribution >= 4 is 22.9 Å². The molecule has 31 heavy (non-hydrogen) atoms. The first kappa shape index (κ1) is 21.4. The van der Waals surface area contributed by atoms with Gasteiger partial charge in [0.2, 0.25) is 0 Å². The van der Waals surface area contributed by atoms with Crippen molar-refractivity contribution in [2.75, 3.05) is 23.3 Å². The summed E-state index contributed by atoms with van der Waals surface area (Å²) in [6.45, 7) is 1.61. The number of hydrogen-bond acceptors (Lipinski definition) is 3. The van der Waals surface area contributed by atoms with Crippen LogP contribution in [0.1, 0.15) is 36.8 Å². The molecule has 8 heteroatoms. The summed E-state index contributed by atoms with van der Waals surface area (Å²) in [5, 5.41) is 5.96. The summed E-state index contributed by atoms with van der Waals surface area (Å²) in [5.74, 6) is -1.02. The van der Waals surface area contributed by atoms with E-state index in [9.17, 15) is 22.4 Å². The van der Waals surface area contributed by atoms with Gasteiger partial charge in [0.1, 0.15) is 5.82 Å². The number of benzene rings is 2. The second-order valence-corrected chi connectivity index (χ2v) is 7.80. The van der Waals surface area contributed by atoms with Crippen LogP contribution in [0.4, 0.5) is 28.9 Å². The Morgan fingerprint density at radius 1 is 1.03 bits per heavy atom. The van der Waals surface area contributed by atoms with Crippen LogP contribution in [0, 0.1) is 5.82 Å². The summed E-state index contributed by atoms with van der Waals surface area (Å²) in [4.78, 5) is 14.3. The van der Waals surface area contributed by atoms with Crippen molar-refractivity contribution in [2.45, 2.75) is 37.9 Å². The SMILES string of the molecule is O=C1Nc2cccc(F)c2/C1=C\N(c1cccc(C(F)(F)F)c1)C1CCCCNCC1. The zero-order valence-corrected chi connectivity index (χ0v) is 16.8. The normalized spacial score (nSPS) is 20.7. The molecule has 0 bridgehead atoms. The van der Waals surface area contributed by atoms with Crippen molar-refractivity contribution in [1.29, 1.82) is 0 Å². The zero-order valence-electron chi connectivity index (χ0n) is 16.8. The molecule has 2 heterocycles. The maximum atomic E-state index is 14.5. The highest BCUT2D eigenvalue weighted by Crippen LogP contribution is 2.37. The van der Waals surface area contributed by atoms with Gasteiger partial charge >= 0.3 is 6.18 Å². The van der Waals surface area contributed by atoms with Gasteiger partial charge in [-0.1, -0.05) is 18.6 Å². The van der Waals surface area contributed by atoms with Gasteiger partial charge in [-0.15, -0.1) is 0 Å². The Balaban J connectivity index is 1.80. The van der Waals surface area contributed by atoms with Crippen LogP contribution in [0.3, 0.4) is 0 Å². The van der Waals surface area contributed by atoms with E-state index in [1.54, 1.807) is 17.0 Å². The Hall–Kier alpha value is -2.87. The zero-order chi connectivity index (χ0) is 22.0. The summed E-state index contributed by atoms with van der Waals surface area (Å²) in [5.41, 5.74) is 0.180. The topological polar surface area (TPSA) is 44.4 Å². The van der Waals surface area contributed by atoms with Crippen molar-refractivity contribution in [3.8, 4) is 0 Å². The van der Waals surface area contributed by atoms with E-state index in [4.69, 9.17) is 0 Å². The van der Waals surface area contributed by atoms with Crippen LogP contribution in [-0.2, 0) is 11.0 Å². The number of anilines is 2. The standard InChI is InChI=1S/C23H23F4N3O/c24-19-8-4-9-20-21(19)18(22(31)29-20)14-30(16-6-1-2-11-28-12-10-16)17-7-3-5-15(13-17)23(25,26)27/h3-5,7-9,13-14,16,28H,1-2,6,10-12H2,(H,29,31)/b18-14+. The van der Waals surface area contributed by atoms with Gasteiger partial charge in [-0.25, -0.2) is 4.39 Å². The molecular weight excluding hydrogens is 410 g/mol. The summed E-state index contributed by atoms with van der Waals surface area (Å²) in [7, 11) is 0. The highest BCUT2D eigenvalue weighted by molar-refractivity contribution is 6.31. The monoisotopic (exact) mass is 433 g/mol. The van der Waals surface area contributed by atoms with Crippen LogP contribution in [-0.4, -0.2) is 25.0 Å². The quantitative estimate of drug-likeness (QED) is 0.518. The molecule has 2 aliphatic rings. The van der Waals surface area contributed by atoms with E-state index < -0.39 is 23.5 Å². The predicted molar refractivity (Wildman–Crippen MR) is 112 cm³/mol. The molecule has 0 aliphatic carbocycles. The van der Waals surface area contributed by atoms with E-state index in [1.165, 1.54) is 24.4 Å². The number of amides is 1. The number of carbonyl (C=O) groups is 1. The Bertz CT molecular complexity index is 995. The van der Waals surface area contributed by atoms with Crippen LogP contribution >= 0.6 is 0 Å². The third-order valence-corrected chi connectivity index (χ3v) is 5.70. The Morgan fingerprint density at radius 3 is 2.65 bits per heavy atom. The molecule has 0 aromatic heterocycles. The molecule has 1 saturated heterocycles.